The Balaban J connectivity index is 2.06. The number of hydrogen-bond acceptors (Lipinski definition) is 4. The first-order valence-electron chi connectivity index (χ1n) is 9.94. The number of carbonyl (C=O) groups excluding carboxylic acids is 2. The van der Waals surface area contributed by atoms with Crippen molar-refractivity contribution in [2.45, 2.75) is 37.2 Å². The Labute approximate surface area is 189 Å². The molecule has 2 rings (SSSR count). The van der Waals surface area contributed by atoms with Crippen LogP contribution in [0, 0.1) is 0 Å². The number of nitrogens with zero attached hydrogens (tertiary/aromatic N) is 2. The van der Waals surface area contributed by atoms with E-state index in [0.717, 1.165) is 5.56 Å². The summed E-state index contributed by atoms with van der Waals surface area (Å²) in [5.41, 5.74) is 0.733. The lowest BCUT2D eigenvalue weighted by molar-refractivity contribution is -0.140. The molecule has 0 radical (unpaired) electrons. The molecule has 1 atom stereocenters. The molecular weight excluding hydrogens is 438 g/mol. The molecule has 1 N–H and O–H groups in total. The summed E-state index contributed by atoms with van der Waals surface area (Å²) >= 11 is 6.23. The Morgan fingerprint density at radius 3 is 2.29 bits per heavy atom. The molecule has 2 aromatic carbocycles. The Hall–Kier alpha value is -2.42. The lowest BCUT2D eigenvalue weighted by Crippen LogP contribution is -2.46. The van der Waals surface area contributed by atoms with Crippen LogP contribution in [0.4, 0.5) is 0 Å². The van der Waals surface area contributed by atoms with Gasteiger partial charge in [0.15, 0.2) is 0 Å². The van der Waals surface area contributed by atoms with E-state index in [2.05, 4.69) is 5.32 Å². The van der Waals surface area contributed by atoms with Crippen molar-refractivity contribution >= 4 is 33.4 Å². The zero-order valence-electron chi connectivity index (χ0n) is 17.9. The van der Waals surface area contributed by atoms with Gasteiger partial charge in [0, 0.05) is 38.6 Å². The molecule has 0 aliphatic heterocycles. The maximum atomic E-state index is 13.0. The summed E-state index contributed by atoms with van der Waals surface area (Å²) in [4.78, 5) is 26.8. The lowest BCUT2D eigenvalue weighted by atomic mass is 10.1. The molecule has 0 aromatic heterocycles. The average molecular weight is 466 g/mol. The van der Waals surface area contributed by atoms with Crippen LogP contribution in [0.15, 0.2) is 59.5 Å². The van der Waals surface area contributed by atoms with Crippen molar-refractivity contribution in [1.29, 1.82) is 0 Å². The first kappa shape index (κ1) is 24.8. The van der Waals surface area contributed by atoms with Crippen LogP contribution in [0.5, 0.6) is 0 Å². The second-order valence-electron chi connectivity index (χ2n) is 7.15. The van der Waals surface area contributed by atoms with Crippen molar-refractivity contribution in [2.24, 2.45) is 0 Å². The van der Waals surface area contributed by atoms with E-state index in [1.54, 1.807) is 43.3 Å². The molecule has 0 aliphatic rings. The van der Waals surface area contributed by atoms with Gasteiger partial charge in [0.05, 0.1) is 4.90 Å². The maximum absolute atomic E-state index is 13.0. The van der Waals surface area contributed by atoms with Crippen LogP contribution in [0.1, 0.15) is 25.3 Å². The van der Waals surface area contributed by atoms with Crippen molar-refractivity contribution in [1.82, 2.24) is 14.5 Å². The highest BCUT2D eigenvalue weighted by Crippen LogP contribution is 2.20. The standard InChI is InChI=1S/C22H28ClN3O4S/c1-17(22(28)24-2)26(16-18-10-7-8-13-20(18)23)21(27)14-9-15-25(3)31(29,30)19-11-5-4-6-12-19/h4-8,10-13,17H,9,14-16H2,1-3H3,(H,24,28). The lowest BCUT2D eigenvalue weighted by Gasteiger charge is -2.29. The third-order valence-electron chi connectivity index (χ3n) is 5.03. The first-order chi connectivity index (χ1) is 14.7. The zero-order chi connectivity index (χ0) is 23.0. The van der Waals surface area contributed by atoms with E-state index in [0.29, 0.717) is 11.4 Å². The molecule has 0 saturated carbocycles. The van der Waals surface area contributed by atoms with E-state index in [4.69, 9.17) is 11.6 Å². The molecule has 0 heterocycles. The molecule has 0 bridgehead atoms. The van der Waals surface area contributed by atoms with Crippen molar-refractivity contribution in [2.75, 3.05) is 20.6 Å². The van der Waals surface area contributed by atoms with Crippen LogP contribution in [-0.4, -0.2) is 56.1 Å². The Morgan fingerprint density at radius 2 is 1.68 bits per heavy atom. The summed E-state index contributed by atoms with van der Waals surface area (Å²) < 4.78 is 26.5. The van der Waals surface area contributed by atoms with E-state index in [9.17, 15) is 18.0 Å². The minimum Gasteiger partial charge on any atom is -0.357 e. The third-order valence-corrected chi connectivity index (χ3v) is 7.27. The number of amides is 2. The van der Waals surface area contributed by atoms with Crippen molar-refractivity contribution in [3.63, 3.8) is 0 Å². The highest BCUT2D eigenvalue weighted by Gasteiger charge is 2.26. The second-order valence-corrected chi connectivity index (χ2v) is 9.60. The number of sulfonamides is 1. The molecule has 7 nitrogen and oxygen atoms in total. The number of halogens is 1. The Morgan fingerprint density at radius 1 is 1.06 bits per heavy atom. The van der Waals surface area contributed by atoms with Crippen LogP contribution in [0.2, 0.25) is 5.02 Å². The smallest absolute Gasteiger partial charge is 0.242 e. The number of benzene rings is 2. The normalized spacial score (nSPS) is 12.4. The van der Waals surface area contributed by atoms with E-state index in [-0.39, 0.29) is 36.2 Å². The SMILES string of the molecule is CNC(=O)C(C)N(Cc1ccccc1Cl)C(=O)CCCN(C)S(=O)(=O)c1ccccc1. The summed E-state index contributed by atoms with van der Waals surface area (Å²) in [6, 6.07) is 14.6. The Bertz CT molecular complexity index is 999. The predicted molar refractivity (Wildman–Crippen MR) is 121 cm³/mol. The number of hydrogen-bond donors (Lipinski definition) is 1. The van der Waals surface area contributed by atoms with Crippen LogP contribution in [-0.2, 0) is 26.2 Å². The van der Waals surface area contributed by atoms with Gasteiger partial charge in [-0.25, -0.2) is 12.7 Å². The molecule has 31 heavy (non-hydrogen) atoms. The fraction of sp³-hybridized carbons (Fsp3) is 0.364. The van der Waals surface area contributed by atoms with Gasteiger partial charge in [-0.15, -0.1) is 0 Å². The number of carbonyl (C=O) groups is 2. The fourth-order valence-electron chi connectivity index (χ4n) is 3.09. The maximum Gasteiger partial charge on any atom is 0.242 e. The monoisotopic (exact) mass is 465 g/mol. The van der Waals surface area contributed by atoms with Gasteiger partial charge in [-0.2, -0.15) is 0 Å². The van der Waals surface area contributed by atoms with Crippen molar-refractivity contribution in [3.05, 3.63) is 65.2 Å². The van der Waals surface area contributed by atoms with Gasteiger partial charge in [-0.3, -0.25) is 9.59 Å². The summed E-state index contributed by atoms with van der Waals surface area (Å²) in [5.74, 6) is -0.536. The molecule has 0 fully saturated rings. The molecule has 0 aliphatic carbocycles. The van der Waals surface area contributed by atoms with Gasteiger partial charge in [-0.1, -0.05) is 48.0 Å². The summed E-state index contributed by atoms with van der Waals surface area (Å²) in [6.07, 6.45) is 0.418. The molecule has 2 aromatic rings. The topological polar surface area (TPSA) is 86.8 Å². The molecule has 9 heteroatoms. The molecular formula is C22H28ClN3O4S. The number of nitrogens with one attached hydrogen (secondary N) is 1. The number of rotatable bonds is 10. The van der Waals surface area contributed by atoms with Gasteiger partial charge in [0.25, 0.3) is 0 Å². The summed E-state index contributed by atoms with van der Waals surface area (Å²) in [5, 5.41) is 3.07. The highest BCUT2D eigenvalue weighted by molar-refractivity contribution is 7.89. The number of likely N-dealkylation sites (N-methyl/N-ethyl adjacent to an activating group) is 1. The van der Waals surface area contributed by atoms with Gasteiger partial charge in [-0.05, 0) is 37.1 Å². The quantitative estimate of drug-likeness (QED) is 0.584. The predicted octanol–water partition coefficient (Wildman–Crippen LogP) is 2.90. The van der Waals surface area contributed by atoms with E-state index in [1.165, 1.54) is 35.4 Å². The van der Waals surface area contributed by atoms with E-state index < -0.39 is 16.1 Å². The third kappa shape index (κ3) is 6.53. The van der Waals surface area contributed by atoms with Crippen LogP contribution >= 0.6 is 11.6 Å². The molecule has 0 spiro atoms. The van der Waals surface area contributed by atoms with Gasteiger partial charge in [0.1, 0.15) is 6.04 Å². The average Bonchev–Trinajstić information content (AvgIpc) is 2.77. The van der Waals surface area contributed by atoms with E-state index in [1.807, 2.05) is 6.07 Å². The minimum absolute atomic E-state index is 0.0977. The highest BCUT2D eigenvalue weighted by atomic mass is 35.5. The van der Waals surface area contributed by atoms with Crippen molar-refractivity contribution in [3.8, 4) is 0 Å². The zero-order valence-corrected chi connectivity index (χ0v) is 19.5. The Kier molecular flexibility index (Phi) is 9.03. The molecule has 0 saturated heterocycles. The summed E-state index contributed by atoms with van der Waals surface area (Å²) in [7, 11) is -0.616. The molecule has 168 valence electrons. The molecule has 2 amide bonds. The van der Waals surface area contributed by atoms with Gasteiger partial charge in [0.2, 0.25) is 21.8 Å². The van der Waals surface area contributed by atoms with Crippen LogP contribution < -0.4 is 5.32 Å². The fourth-order valence-corrected chi connectivity index (χ4v) is 4.52. The second kappa shape index (κ2) is 11.3. The van der Waals surface area contributed by atoms with Gasteiger partial charge >= 0.3 is 0 Å². The van der Waals surface area contributed by atoms with Crippen LogP contribution in [0.25, 0.3) is 0 Å². The molecule has 1 unspecified atom stereocenters. The first-order valence-corrected chi connectivity index (χ1v) is 11.8. The van der Waals surface area contributed by atoms with E-state index >= 15 is 0 Å². The van der Waals surface area contributed by atoms with Crippen molar-refractivity contribution < 1.29 is 18.0 Å². The minimum atomic E-state index is -3.62. The summed E-state index contributed by atoms with van der Waals surface area (Å²) in [6.45, 7) is 2.02. The van der Waals surface area contributed by atoms with Gasteiger partial charge < -0.3 is 10.2 Å². The largest absolute Gasteiger partial charge is 0.357 e. The van der Waals surface area contributed by atoms with Crippen LogP contribution in [0.3, 0.4) is 0 Å².